The van der Waals surface area contributed by atoms with Gasteiger partial charge in [-0.05, 0) is 61.4 Å². The van der Waals surface area contributed by atoms with E-state index in [1.165, 1.54) is 0 Å². The maximum atomic E-state index is 12.6. The van der Waals surface area contributed by atoms with Crippen LogP contribution in [0.1, 0.15) is 21.5 Å². The number of ether oxygens (including phenoxy) is 1. The zero-order valence-corrected chi connectivity index (χ0v) is 15.9. The van der Waals surface area contributed by atoms with Crippen molar-refractivity contribution in [3.05, 3.63) is 89.5 Å². The second-order valence-electron chi connectivity index (χ2n) is 6.53. The second kappa shape index (κ2) is 8.86. The molecule has 0 fully saturated rings. The van der Waals surface area contributed by atoms with Gasteiger partial charge >= 0.3 is 0 Å². The van der Waals surface area contributed by atoms with E-state index < -0.39 is 0 Å². The summed E-state index contributed by atoms with van der Waals surface area (Å²) in [5.41, 5.74) is 3.64. The summed E-state index contributed by atoms with van der Waals surface area (Å²) in [6.45, 7) is 3.81. The molecule has 0 spiro atoms. The Hall–Kier alpha value is -3.60. The van der Waals surface area contributed by atoms with Crippen LogP contribution in [0.4, 0.5) is 11.4 Å². The van der Waals surface area contributed by atoms with Gasteiger partial charge in [0.2, 0.25) is 0 Å². The molecule has 3 aromatic carbocycles. The van der Waals surface area contributed by atoms with Gasteiger partial charge in [-0.3, -0.25) is 9.59 Å². The molecule has 0 aromatic heterocycles. The number of aryl methyl sites for hydroxylation is 2. The lowest BCUT2D eigenvalue weighted by Gasteiger charge is -2.12. The predicted molar refractivity (Wildman–Crippen MR) is 111 cm³/mol. The lowest BCUT2D eigenvalue weighted by atomic mass is 10.1. The van der Waals surface area contributed by atoms with Crippen molar-refractivity contribution >= 4 is 23.2 Å². The van der Waals surface area contributed by atoms with Gasteiger partial charge < -0.3 is 15.4 Å². The van der Waals surface area contributed by atoms with Crippen molar-refractivity contribution in [2.45, 2.75) is 13.8 Å². The van der Waals surface area contributed by atoms with Gasteiger partial charge in [0, 0.05) is 5.69 Å². The molecule has 0 bridgehead atoms. The van der Waals surface area contributed by atoms with E-state index in [0.29, 0.717) is 22.7 Å². The van der Waals surface area contributed by atoms with Crippen LogP contribution in [0.25, 0.3) is 0 Å². The average molecular weight is 374 g/mol. The lowest BCUT2D eigenvalue weighted by Crippen LogP contribution is -2.22. The van der Waals surface area contributed by atoms with E-state index in [2.05, 4.69) is 10.6 Å². The van der Waals surface area contributed by atoms with Crippen molar-refractivity contribution in [2.24, 2.45) is 0 Å². The maximum Gasteiger partial charge on any atom is 0.262 e. The van der Waals surface area contributed by atoms with Gasteiger partial charge in [0.05, 0.1) is 11.3 Å². The molecule has 5 heteroatoms. The van der Waals surface area contributed by atoms with E-state index in [0.717, 1.165) is 11.1 Å². The van der Waals surface area contributed by atoms with Crippen LogP contribution in [0.5, 0.6) is 5.75 Å². The Morgan fingerprint density at radius 3 is 2.18 bits per heavy atom. The number of para-hydroxylation sites is 2. The van der Waals surface area contributed by atoms with E-state index in [9.17, 15) is 9.59 Å². The Kier molecular flexibility index (Phi) is 6.07. The van der Waals surface area contributed by atoms with Crippen molar-refractivity contribution in [2.75, 3.05) is 17.2 Å². The zero-order chi connectivity index (χ0) is 19.9. The molecule has 0 radical (unpaired) electrons. The summed E-state index contributed by atoms with van der Waals surface area (Å²) in [5.74, 6) is 0.0132. The molecule has 0 saturated carbocycles. The van der Waals surface area contributed by atoms with Crippen LogP contribution in [0, 0.1) is 13.8 Å². The zero-order valence-electron chi connectivity index (χ0n) is 15.9. The highest BCUT2D eigenvalue weighted by molar-refractivity contribution is 6.10. The molecule has 3 aromatic rings. The number of rotatable bonds is 6. The normalized spacial score (nSPS) is 10.2. The fourth-order valence-corrected chi connectivity index (χ4v) is 2.86. The Balaban J connectivity index is 1.65. The summed E-state index contributed by atoms with van der Waals surface area (Å²) in [4.78, 5) is 24.9. The molecular weight excluding hydrogens is 352 g/mol. The molecule has 2 N–H and O–H groups in total. The monoisotopic (exact) mass is 374 g/mol. The van der Waals surface area contributed by atoms with E-state index in [1.807, 2.05) is 50.2 Å². The van der Waals surface area contributed by atoms with E-state index in [-0.39, 0.29) is 18.4 Å². The highest BCUT2D eigenvalue weighted by Crippen LogP contribution is 2.19. The Morgan fingerprint density at radius 1 is 0.821 bits per heavy atom. The molecule has 2 amide bonds. The van der Waals surface area contributed by atoms with Crippen molar-refractivity contribution in [1.82, 2.24) is 0 Å². The van der Waals surface area contributed by atoms with Crippen LogP contribution in [-0.2, 0) is 4.79 Å². The summed E-state index contributed by atoms with van der Waals surface area (Å²) in [6, 6.07) is 21.8. The highest BCUT2D eigenvalue weighted by Gasteiger charge is 2.13. The van der Waals surface area contributed by atoms with Crippen molar-refractivity contribution in [1.29, 1.82) is 0 Å². The van der Waals surface area contributed by atoms with Crippen LogP contribution >= 0.6 is 0 Å². The smallest absolute Gasteiger partial charge is 0.262 e. The third-order valence-electron chi connectivity index (χ3n) is 4.04. The largest absolute Gasteiger partial charge is 0.484 e. The summed E-state index contributed by atoms with van der Waals surface area (Å²) in [5, 5.41) is 5.57. The predicted octanol–water partition coefficient (Wildman–Crippen LogP) is 4.57. The Labute approximate surface area is 164 Å². The first-order valence-electron chi connectivity index (χ1n) is 8.97. The third-order valence-corrected chi connectivity index (χ3v) is 4.04. The van der Waals surface area contributed by atoms with Crippen molar-refractivity contribution < 1.29 is 14.3 Å². The first-order chi connectivity index (χ1) is 13.5. The van der Waals surface area contributed by atoms with E-state index in [1.54, 1.807) is 36.4 Å². The Morgan fingerprint density at radius 2 is 1.46 bits per heavy atom. The molecule has 28 heavy (non-hydrogen) atoms. The molecule has 0 aliphatic heterocycles. The minimum atomic E-state index is -0.334. The molecular formula is C23H22N2O3. The number of anilines is 2. The standard InChI is InChI=1S/C23H22N2O3/c1-16-12-17(2)14-19(13-16)28-15-22(26)25-21-11-7-6-10-20(21)23(27)24-18-8-4-3-5-9-18/h3-14H,15H2,1-2H3,(H,24,27)(H,25,26). The topological polar surface area (TPSA) is 67.4 Å². The van der Waals surface area contributed by atoms with Gasteiger partial charge in [0.25, 0.3) is 11.8 Å². The number of benzene rings is 3. The van der Waals surface area contributed by atoms with Gasteiger partial charge in [-0.15, -0.1) is 0 Å². The lowest BCUT2D eigenvalue weighted by molar-refractivity contribution is -0.118. The molecule has 5 nitrogen and oxygen atoms in total. The van der Waals surface area contributed by atoms with Crippen molar-refractivity contribution in [3.8, 4) is 5.75 Å². The summed E-state index contributed by atoms with van der Waals surface area (Å²) >= 11 is 0. The van der Waals surface area contributed by atoms with Crippen LogP contribution in [0.3, 0.4) is 0 Å². The number of nitrogens with one attached hydrogen (secondary N) is 2. The van der Waals surface area contributed by atoms with Crippen LogP contribution < -0.4 is 15.4 Å². The first-order valence-corrected chi connectivity index (χ1v) is 8.97. The maximum absolute atomic E-state index is 12.6. The SMILES string of the molecule is Cc1cc(C)cc(OCC(=O)Nc2ccccc2C(=O)Nc2ccccc2)c1. The molecule has 0 saturated heterocycles. The minimum absolute atomic E-state index is 0.141. The summed E-state index contributed by atoms with van der Waals surface area (Å²) in [7, 11) is 0. The van der Waals surface area contributed by atoms with Crippen LogP contribution in [-0.4, -0.2) is 18.4 Å². The van der Waals surface area contributed by atoms with E-state index in [4.69, 9.17) is 4.74 Å². The minimum Gasteiger partial charge on any atom is -0.484 e. The fraction of sp³-hybridized carbons (Fsp3) is 0.130. The second-order valence-corrected chi connectivity index (χ2v) is 6.53. The molecule has 0 heterocycles. The fourth-order valence-electron chi connectivity index (χ4n) is 2.86. The first kappa shape index (κ1) is 19.2. The quantitative estimate of drug-likeness (QED) is 0.664. The molecule has 0 aliphatic rings. The van der Waals surface area contributed by atoms with Gasteiger partial charge in [-0.1, -0.05) is 36.4 Å². The van der Waals surface area contributed by atoms with Crippen LogP contribution in [0.15, 0.2) is 72.8 Å². The molecule has 0 aliphatic carbocycles. The number of hydrogen-bond donors (Lipinski definition) is 2. The summed E-state index contributed by atoms with van der Waals surface area (Å²) < 4.78 is 5.59. The highest BCUT2D eigenvalue weighted by atomic mass is 16.5. The molecule has 0 atom stereocenters. The van der Waals surface area contributed by atoms with Crippen LogP contribution in [0.2, 0.25) is 0 Å². The molecule has 0 unspecified atom stereocenters. The van der Waals surface area contributed by atoms with E-state index >= 15 is 0 Å². The Bertz CT molecular complexity index is 964. The number of hydrogen-bond acceptors (Lipinski definition) is 3. The number of carbonyl (C=O) groups excluding carboxylic acids is 2. The van der Waals surface area contributed by atoms with Gasteiger partial charge in [-0.25, -0.2) is 0 Å². The third kappa shape index (κ3) is 5.20. The number of carbonyl (C=O) groups is 2. The van der Waals surface area contributed by atoms with Crippen molar-refractivity contribution in [3.63, 3.8) is 0 Å². The van der Waals surface area contributed by atoms with Gasteiger partial charge in [0.1, 0.15) is 5.75 Å². The molecule has 142 valence electrons. The summed E-state index contributed by atoms with van der Waals surface area (Å²) in [6.07, 6.45) is 0. The average Bonchev–Trinajstić information content (AvgIpc) is 2.67. The van der Waals surface area contributed by atoms with Gasteiger partial charge in [0.15, 0.2) is 6.61 Å². The van der Waals surface area contributed by atoms with Gasteiger partial charge in [-0.2, -0.15) is 0 Å². The molecule has 3 rings (SSSR count). The number of amides is 2.